The first-order valence-corrected chi connectivity index (χ1v) is 20.1. The molecule has 0 aliphatic heterocycles. The van der Waals surface area contributed by atoms with Gasteiger partial charge in [-0.2, -0.15) is 0 Å². The maximum atomic E-state index is 12.6. The second kappa shape index (κ2) is 35.5. The number of rotatable bonds is 34. The second-order valence-electron chi connectivity index (χ2n) is 14.1. The molecule has 0 aromatic rings. The first kappa shape index (κ1) is 49.5. The van der Waals surface area contributed by atoms with E-state index in [-0.39, 0.29) is 55.5 Å². The van der Waals surface area contributed by atoms with Gasteiger partial charge in [0.15, 0.2) is 6.10 Å². The van der Waals surface area contributed by atoms with E-state index in [2.05, 4.69) is 98.9 Å². The summed E-state index contributed by atoms with van der Waals surface area (Å²) in [5, 5.41) is 11.6. The number of aliphatic carboxylic acids is 1. The maximum absolute atomic E-state index is 12.6. The Bertz CT molecular complexity index is 1140. The molecule has 300 valence electrons. The van der Waals surface area contributed by atoms with Gasteiger partial charge < -0.3 is 28.6 Å². The lowest BCUT2D eigenvalue weighted by atomic mass is 10.1. The van der Waals surface area contributed by atoms with Crippen molar-refractivity contribution in [3.63, 3.8) is 0 Å². The molecule has 0 bridgehead atoms. The van der Waals surface area contributed by atoms with Gasteiger partial charge in [0.05, 0.1) is 40.3 Å². The standard InChI is InChI=1S/C45H73NO7/c1-6-8-10-12-14-16-17-18-19-20-21-22-23-24-25-26-28-30-32-34-36-44(48)53-41(39-51-38-37-42(45(49)50)46(3,4)5)40-52-43(47)35-33-31-29-27-15-13-11-9-7-2/h8,10,14,16,18-19,21-22,24-25,27-30,41-42H,6-7,9,11-13,15,17,20,23,26,31-40H2,1-5H3/b10-8+,16-14+,19-18+,22-21+,25-24+,29-27+,30-28+. The summed E-state index contributed by atoms with van der Waals surface area (Å²) < 4.78 is 17.0. The van der Waals surface area contributed by atoms with Crippen molar-refractivity contribution in [2.45, 2.75) is 142 Å². The largest absolute Gasteiger partial charge is 0.544 e. The topological polar surface area (TPSA) is 102 Å². The van der Waals surface area contributed by atoms with E-state index in [1.165, 1.54) is 25.7 Å². The van der Waals surface area contributed by atoms with Crippen LogP contribution in [0.2, 0.25) is 0 Å². The summed E-state index contributed by atoms with van der Waals surface area (Å²) in [7, 11) is 5.36. The van der Waals surface area contributed by atoms with Gasteiger partial charge in [0.1, 0.15) is 12.6 Å². The number of carboxylic acid groups (broad SMARTS) is 1. The van der Waals surface area contributed by atoms with Crippen LogP contribution in [0.15, 0.2) is 85.1 Å². The van der Waals surface area contributed by atoms with Crippen molar-refractivity contribution in [1.82, 2.24) is 0 Å². The Balaban J connectivity index is 4.52. The Morgan fingerprint density at radius 3 is 1.55 bits per heavy atom. The van der Waals surface area contributed by atoms with Crippen molar-refractivity contribution >= 4 is 17.9 Å². The highest BCUT2D eigenvalue weighted by atomic mass is 16.6. The average Bonchev–Trinajstić information content (AvgIpc) is 3.11. The fourth-order valence-corrected chi connectivity index (χ4v) is 5.14. The van der Waals surface area contributed by atoms with Crippen molar-refractivity contribution in [3.05, 3.63) is 85.1 Å². The summed E-state index contributed by atoms with van der Waals surface area (Å²) in [5.74, 6) is -1.87. The molecule has 8 nitrogen and oxygen atoms in total. The molecule has 0 amide bonds. The van der Waals surface area contributed by atoms with Crippen LogP contribution < -0.4 is 5.11 Å². The van der Waals surface area contributed by atoms with E-state index in [0.717, 1.165) is 57.8 Å². The van der Waals surface area contributed by atoms with Gasteiger partial charge in [-0.15, -0.1) is 0 Å². The number of carbonyl (C=O) groups excluding carboxylic acids is 3. The molecule has 0 saturated carbocycles. The fraction of sp³-hybridized carbons (Fsp3) is 0.622. The molecule has 0 rings (SSSR count). The molecule has 0 fully saturated rings. The van der Waals surface area contributed by atoms with Crippen LogP contribution in [0.4, 0.5) is 0 Å². The van der Waals surface area contributed by atoms with Crippen molar-refractivity contribution in [2.24, 2.45) is 0 Å². The third-order valence-electron chi connectivity index (χ3n) is 8.27. The molecule has 8 heteroatoms. The number of allylic oxidation sites excluding steroid dienone is 14. The number of unbranched alkanes of at least 4 members (excludes halogenated alkanes) is 6. The van der Waals surface area contributed by atoms with Gasteiger partial charge in [-0.05, 0) is 77.0 Å². The molecule has 0 spiro atoms. The molecule has 0 saturated heterocycles. The summed E-state index contributed by atoms with van der Waals surface area (Å²) in [5.41, 5.74) is 0. The van der Waals surface area contributed by atoms with Crippen molar-refractivity contribution in [1.29, 1.82) is 0 Å². The third-order valence-corrected chi connectivity index (χ3v) is 8.27. The maximum Gasteiger partial charge on any atom is 0.306 e. The number of nitrogens with zero attached hydrogens (tertiary/aromatic N) is 1. The van der Waals surface area contributed by atoms with Crippen LogP contribution in [0, 0.1) is 0 Å². The zero-order chi connectivity index (χ0) is 39.3. The van der Waals surface area contributed by atoms with Crippen LogP contribution in [0.5, 0.6) is 0 Å². The quantitative estimate of drug-likeness (QED) is 0.0281. The number of carboxylic acids is 1. The number of carbonyl (C=O) groups is 3. The molecular weight excluding hydrogens is 666 g/mol. The molecule has 0 aliphatic rings. The Kier molecular flexibility index (Phi) is 33.2. The van der Waals surface area contributed by atoms with Crippen LogP contribution in [0.25, 0.3) is 0 Å². The number of hydrogen-bond donors (Lipinski definition) is 0. The van der Waals surface area contributed by atoms with E-state index in [4.69, 9.17) is 14.2 Å². The number of likely N-dealkylation sites (N-methyl/N-ethyl adjacent to an activating group) is 1. The molecule has 53 heavy (non-hydrogen) atoms. The summed E-state index contributed by atoms with van der Waals surface area (Å²) in [6.07, 6.45) is 44.9. The number of quaternary nitrogens is 1. The van der Waals surface area contributed by atoms with E-state index in [1.54, 1.807) is 21.1 Å². The Hall–Kier alpha value is -3.49. The van der Waals surface area contributed by atoms with Gasteiger partial charge in [-0.25, -0.2) is 0 Å². The van der Waals surface area contributed by atoms with E-state index in [1.807, 2.05) is 0 Å². The molecule has 0 aliphatic carbocycles. The molecule has 2 atom stereocenters. The average molecular weight is 740 g/mol. The number of ether oxygens (including phenoxy) is 3. The molecule has 2 unspecified atom stereocenters. The van der Waals surface area contributed by atoms with Crippen LogP contribution >= 0.6 is 0 Å². The molecular formula is C45H73NO7. The smallest absolute Gasteiger partial charge is 0.306 e. The summed E-state index contributed by atoms with van der Waals surface area (Å²) in [4.78, 5) is 36.6. The lowest BCUT2D eigenvalue weighted by molar-refractivity contribution is -0.889. The summed E-state index contributed by atoms with van der Waals surface area (Å²) in [6, 6.07) is -0.742. The molecule has 0 N–H and O–H groups in total. The molecule has 0 aromatic carbocycles. The van der Waals surface area contributed by atoms with Gasteiger partial charge >= 0.3 is 11.9 Å². The van der Waals surface area contributed by atoms with Crippen LogP contribution in [0.3, 0.4) is 0 Å². The Morgan fingerprint density at radius 1 is 0.585 bits per heavy atom. The number of hydrogen-bond acceptors (Lipinski definition) is 7. The Morgan fingerprint density at radius 2 is 1.06 bits per heavy atom. The molecule has 0 radical (unpaired) electrons. The minimum atomic E-state index is -1.14. The number of esters is 2. The van der Waals surface area contributed by atoms with E-state index in [0.29, 0.717) is 12.8 Å². The minimum Gasteiger partial charge on any atom is -0.544 e. The van der Waals surface area contributed by atoms with E-state index in [9.17, 15) is 19.5 Å². The fourth-order valence-electron chi connectivity index (χ4n) is 5.14. The van der Waals surface area contributed by atoms with Crippen LogP contribution in [-0.4, -0.2) is 75.5 Å². The highest BCUT2D eigenvalue weighted by Gasteiger charge is 2.25. The van der Waals surface area contributed by atoms with Gasteiger partial charge in [-0.1, -0.05) is 118 Å². The van der Waals surface area contributed by atoms with Crippen molar-refractivity contribution in [3.8, 4) is 0 Å². The first-order valence-electron chi connectivity index (χ1n) is 20.1. The highest BCUT2D eigenvalue weighted by Crippen LogP contribution is 2.10. The van der Waals surface area contributed by atoms with Crippen LogP contribution in [0.1, 0.15) is 129 Å². The zero-order valence-electron chi connectivity index (χ0n) is 33.9. The molecule has 0 heterocycles. The first-order chi connectivity index (χ1) is 25.6. The van der Waals surface area contributed by atoms with Gasteiger partial charge in [0.25, 0.3) is 0 Å². The lowest BCUT2D eigenvalue weighted by Gasteiger charge is -2.34. The van der Waals surface area contributed by atoms with Gasteiger partial charge in [0.2, 0.25) is 0 Å². The lowest BCUT2D eigenvalue weighted by Crippen LogP contribution is -2.55. The van der Waals surface area contributed by atoms with Crippen molar-refractivity contribution in [2.75, 3.05) is 41.0 Å². The second-order valence-corrected chi connectivity index (χ2v) is 14.1. The van der Waals surface area contributed by atoms with Crippen molar-refractivity contribution < 1.29 is 38.2 Å². The summed E-state index contributed by atoms with van der Waals surface area (Å²) in [6.45, 7) is 4.38. The zero-order valence-corrected chi connectivity index (χ0v) is 33.9. The van der Waals surface area contributed by atoms with E-state index >= 15 is 0 Å². The molecule has 0 aromatic heterocycles. The monoisotopic (exact) mass is 740 g/mol. The predicted molar refractivity (Wildman–Crippen MR) is 217 cm³/mol. The van der Waals surface area contributed by atoms with E-state index < -0.39 is 18.1 Å². The minimum absolute atomic E-state index is 0.00382. The normalized spacial score (nSPS) is 13.9. The summed E-state index contributed by atoms with van der Waals surface area (Å²) >= 11 is 0. The van der Waals surface area contributed by atoms with Gasteiger partial charge in [0, 0.05) is 19.3 Å². The third kappa shape index (κ3) is 34.1. The van der Waals surface area contributed by atoms with Gasteiger partial charge in [-0.3, -0.25) is 9.59 Å². The van der Waals surface area contributed by atoms with Crippen LogP contribution in [-0.2, 0) is 28.6 Å². The SMILES string of the molecule is CC/C=C/C/C=C/C/C=C/C/C=C/C/C=C/C/C=C/CCCC(=O)OC(COCCC(C(=O)[O-])[N+](C)(C)C)COC(=O)CCC/C=C/CCCCCC. The Labute approximate surface area is 323 Å². The predicted octanol–water partition coefficient (Wildman–Crippen LogP) is 9.24. The highest BCUT2D eigenvalue weighted by molar-refractivity contribution is 5.70.